The first-order valence-corrected chi connectivity index (χ1v) is 8.63. The SMILES string of the molecule is COC(=O)c1ccccc1NC(=O)c1cnc(Nc2cccc(C)c2C)nc1. The zero-order chi connectivity index (χ0) is 20.1. The zero-order valence-electron chi connectivity index (χ0n) is 15.8. The minimum absolute atomic E-state index is 0.270. The Balaban J connectivity index is 1.74. The van der Waals surface area contributed by atoms with Gasteiger partial charge in [0.15, 0.2) is 0 Å². The monoisotopic (exact) mass is 376 g/mol. The Bertz CT molecular complexity index is 1020. The maximum Gasteiger partial charge on any atom is 0.339 e. The minimum atomic E-state index is -0.528. The second-order valence-electron chi connectivity index (χ2n) is 6.16. The number of carbonyl (C=O) groups is 2. The summed E-state index contributed by atoms with van der Waals surface area (Å²) in [7, 11) is 1.29. The number of aromatic nitrogens is 2. The number of nitrogens with one attached hydrogen (secondary N) is 2. The number of anilines is 3. The molecule has 0 bridgehead atoms. The second kappa shape index (κ2) is 8.30. The van der Waals surface area contributed by atoms with Crippen LogP contribution in [0.2, 0.25) is 0 Å². The van der Waals surface area contributed by atoms with Crippen molar-refractivity contribution < 1.29 is 14.3 Å². The number of carbonyl (C=O) groups excluding carboxylic acids is 2. The van der Waals surface area contributed by atoms with Crippen LogP contribution in [0.15, 0.2) is 54.9 Å². The number of nitrogens with zero attached hydrogens (tertiary/aromatic N) is 2. The Morgan fingerprint density at radius 2 is 1.61 bits per heavy atom. The molecule has 1 heterocycles. The maximum absolute atomic E-state index is 12.5. The van der Waals surface area contributed by atoms with Gasteiger partial charge in [0.25, 0.3) is 5.91 Å². The molecule has 0 aliphatic carbocycles. The van der Waals surface area contributed by atoms with Crippen LogP contribution >= 0.6 is 0 Å². The molecule has 0 saturated heterocycles. The second-order valence-corrected chi connectivity index (χ2v) is 6.16. The third-order valence-corrected chi connectivity index (χ3v) is 4.35. The molecule has 1 aromatic heterocycles. The Kier molecular flexibility index (Phi) is 5.64. The van der Waals surface area contributed by atoms with Crippen LogP contribution in [0.3, 0.4) is 0 Å². The van der Waals surface area contributed by atoms with Crippen LogP contribution in [-0.2, 0) is 4.74 Å². The molecule has 0 spiro atoms. The van der Waals surface area contributed by atoms with Gasteiger partial charge >= 0.3 is 5.97 Å². The van der Waals surface area contributed by atoms with Gasteiger partial charge in [-0.2, -0.15) is 0 Å². The Morgan fingerprint density at radius 3 is 2.32 bits per heavy atom. The first kappa shape index (κ1) is 19.0. The molecule has 0 saturated carbocycles. The summed E-state index contributed by atoms with van der Waals surface area (Å²) in [5.41, 5.74) is 4.07. The van der Waals surface area contributed by atoms with E-state index < -0.39 is 11.9 Å². The lowest BCUT2D eigenvalue weighted by molar-refractivity contribution is 0.0602. The molecule has 7 heteroatoms. The van der Waals surface area contributed by atoms with Gasteiger partial charge in [-0.05, 0) is 43.2 Å². The molecule has 142 valence electrons. The molecule has 0 fully saturated rings. The number of aryl methyl sites for hydroxylation is 1. The molecule has 2 aromatic carbocycles. The van der Waals surface area contributed by atoms with Crippen molar-refractivity contribution in [3.63, 3.8) is 0 Å². The van der Waals surface area contributed by atoms with Gasteiger partial charge in [0.05, 0.1) is 23.9 Å². The predicted octanol–water partition coefficient (Wildman–Crippen LogP) is 3.88. The van der Waals surface area contributed by atoms with Crippen molar-refractivity contribution >= 4 is 29.2 Å². The van der Waals surface area contributed by atoms with E-state index in [1.165, 1.54) is 19.5 Å². The predicted molar refractivity (Wildman–Crippen MR) is 107 cm³/mol. The van der Waals surface area contributed by atoms with E-state index in [0.29, 0.717) is 11.6 Å². The molecule has 7 nitrogen and oxygen atoms in total. The summed E-state index contributed by atoms with van der Waals surface area (Å²) in [4.78, 5) is 32.7. The molecule has 0 aliphatic rings. The van der Waals surface area contributed by atoms with E-state index in [1.54, 1.807) is 24.3 Å². The van der Waals surface area contributed by atoms with Crippen LogP contribution in [0.25, 0.3) is 0 Å². The van der Waals surface area contributed by atoms with Crippen molar-refractivity contribution in [1.82, 2.24) is 9.97 Å². The van der Waals surface area contributed by atoms with Crippen molar-refractivity contribution in [2.75, 3.05) is 17.7 Å². The lowest BCUT2D eigenvalue weighted by atomic mass is 10.1. The number of hydrogen-bond acceptors (Lipinski definition) is 6. The molecule has 3 rings (SSSR count). The fourth-order valence-electron chi connectivity index (χ4n) is 2.59. The molecule has 0 radical (unpaired) electrons. The fraction of sp³-hybridized carbons (Fsp3) is 0.143. The number of rotatable bonds is 5. The van der Waals surface area contributed by atoms with Gasteiger partial charge in [-0.1, -0.05) is 24.3 Å². The number of amides is 1. The lowest BCUT2D eigenvalue weighted by Gasteiger charge is -2.11. The molecule has 1 amide bonds. The van der Waals surface area contributed by atoms with Gasteiger partial charge in [-0.25, -0.2) is 14.8 Å². The van der Waals surface area contributed by atoms with Crippen molar-refractivity contribution in [2.24, 2.45) is 0 Å². The van der Waals surface area contributed by atoms with Crippen LogP contribution in [0.1, 0.15) is 31.8 Å². The molecule has 2 N–H and O–H groups in total. The maximum atomic E-state index is 12.5. The third kappa shape index (κ3) is 4.15. The zero-order valence-corrected chi connectivity index (χ0v) is 15.8. The quantitative estimate of drug-likeness (QED) is 0.657. The Hall–Kier alpha value is -3.74. The molecule has 3 aromatic rings. The molecule has 0 atom stereocenters. The van der Waals surface area contributed by atoms with E-state index in [0.717, 1.165) is 16.8 Å². The highest BCUT2D eigenvalue weighted by molar-refractivity contribution is 6.07. The van der Waals surface area contributed by atoms with Crippen LogP contribution in [0.5, 0.6) is 0 Å². The normalized spacial score (nSPS) is 10.2. The Labute approximate surface area is 162 Å². The molecule has 0 unspecified atom stereocenters. The number of methoxy groups -OCH3 is 1. The van der Waals surface area contributed by atoms with E-state index in [4.69, 9.17) is 4.74 Å². The standard InChI is InChI=1S/C21H20N4O3/c1-13-7-6-10-17(14(13)2)25-21-22-11-15(12-23-21)19(26)24-18-9-5-4-8-16(18)20(27)28-3/h4-12H,1-3H3,(H,24,26)(H,22,23,25). The van der Waals surface area contributed by atoms with Gasteiger partial charge in [0.2, 0.25) is 5.95 Å². The highest BCUT2D eigenvalue weighted by atomic mass is 16.5. The lowest BCUT2D eigenvalue weighted by Crippen LogP contribution is -2.16. The van der Waals surface area contributed by atoms with Gasteiger partial charge in [-0.3, -0.25) is 4.79 Å². The van der Waals surface area contributed by atoms with Crippen molar-refractivity contribution in [1.29, 1.82) is 0 Å². The first-order valence-electron chi connectivity index (χ1n) is 8.63. The highest BCUT2D eigenvalue weighted by Crippen LogP contribution is 2.21. The largest absolute Gasteiger partial charge is 0.465 e. The minimum Gasteiger partial charge on any atom is -0.465 e. The summed E-state index contributed by atoms with van der Waals surface area (Å²) < 4.78 is 4.73. The van der Waals surface area contributed by atoms with Gasteiger partial charge in [-0.15, -0.1) is 0 Å². The topological polar surface area (TPSA) is 93.2 Å². The van der Waals surface area contributed by atoms with Gasteiger partial charge in [0.1, 0.15) is 0 Å². The van der Waals surface area contributed by atoms with Gasteiger partial charge < -0.3 is 15.4 Å². The molecular formula is C21H20N4O3. The van der Waals surface area contributed by atoms with E-state index in [9.17, 15) is 9.59 Å². The van der Waals surface area contributed by atoms with Crippen LogP contribution in [-0.4, -0.2) is 29.0 Å². The highest BCUT2D eigenvalue weighted by Gasteiger charge is 2.15. The molecular weight excluding hydrogens is 356 g/mol. The van der Waals surface area contributed by atoms with E-state index in [2.05, 4.69) is 20.6 Å². The van der Waals surface area contributed by atoms with Crippen LogP contribution in [0.4, 0.5) is 17.3 Å². The number of esters is 1. The average Bonchev–Trinajstić information content (AvgIpc) is 2.71. The average molecular weight is 376 g/mol. The number of hydrogen-bond donors (Lipinski definition) is 2. The number of benzene rings is 2. The summed E-state index contributed by atoms with van der Waals surface area (Å²) in [5, 5.41) is 5.83. The number of ether oxygens (including phenoxy) is 1. The fourth-order valence-corrected chi connectivity index (χ4v) is 2.59. The first-order chi connectivity index (χ1) is 13.5. The summed E-state index contributed by atoms with van der Waals surface area (Å²) in [5.74, 6) is -0.560. The van der Waals surface area contributed by atoms with Crippen molar-refractivity contribution in [3.8, 4) is 0 Å². The number of para-hydroxylation sites is 1. The van der Waals surface area contributed by atoms with Gasteiger partial charge in [0, 0.05) is 18.1 Å². The van der Waals surface area contributed by atoms with Crippen LogP contribution < -0.4 is 10.6 Å². The third-order valence-electron chi connectivity index (χ3n) is 4.35. The summed E-state index contributed by atoms with van der Waals surface area (Å²) in [6.45, 7) is 4.04. The van der Waals surface area contributed by atoms with Crippen molar-refractivity contribution in [3.05, 3.63) is 77.1 Å². The van der Waals surface area contributed by atoms with Crippen LogP contribution in [0, 0.1) is 13.8 Å². The molecule has 28 heavy (non-hydrogen) atoms. The summed E-state index contributed by atoms with van der Waals surface area (Å²) in [6.07, 6.45) is 2.85. The van der Waals surface area contributed by atoms with E-state index >= 15 is 0 Å². The summed E-state index contributed by atoms with van der Waals surface area (Å²) in [6, 6.07) is 12.5. The van der Waals surface area contributed by atoms with E-state index in [1.807, 2.05) is 32.0 Å². The smallest absolute Gasteiger partial charge is 0.339 e. The molecule has 0 aliphatic heterocycles. The van der Waals surface area contributed by atoms with E-state index in [-0.39, 0.29) is 11.1 Å². The Morgan fingerprint density at radius 1 is 0.929 bits per heavy atom. The summed E-state index contributed by atoms with van der Waals surface area (Å²) >= 11 is 0. The van der Waals surface area contributed by atoms with Crippen molar-refractivity contribution in [2.45, 2.75) is 13.8 Å².